The minimum absolute atomic E-state index is 0.0444. The fourth-order valence-corrected chi connectivity index (χ4v) is 6.15. The van der Waals surface area contributed by atoms with Crippen LogP contribution in [0.25, 0.3) is 0 Å². The van der Waals surface area contributed by atoms with Gasteiger partial charge in [0, 0.05) is 20.1 Å². The van der Waals surface area contributed by atoms with Gasteiger partial charge in [-0.2, -0.15) is 5.26 Å². The summed E-state index contributed by atoms with van der Waals surface area (Å²) in [4.78, 5) is 26.2. The molecule has 0 spiro atoms. The number of fused-ring (bicyclic) bond motifs is 1. The van der Waals surface area contributed by atoms with Crippen molar-refractivity contribution < 1.29 is 28.6 Å². The van der Waals surface area contributed by atoms with Gasteiger partial charge in [-0.3, -0.25) is 4.79 Å². The molecule has 4 rings (SSSR count). The first kappa shape index (κ1) is 25.1. The highest BCUT2D eigenvalue weighted by atomic mass is 19.1. The molecule has 0 aromatic rings. The van der Waals surface area contributed by atoms with Gasteiger partial charge in [-0.15, -0.1) is 0 Å². The first-order valence-corrected chi connectivity index (χ1v) is 12.6. The maximum atomic E-state index is 13.7. The van der Waals surface area contributed by atoms with E-state index in [1.165, 1.54) is 0 Å². The van der Waals surface area contributed by atoms with Crippen molar-refractivity contribution >= 4 is 12.0 Å². The van der Waals surface area contributed by atoms with Crippen molar-refractivity contribution in [1.29, 1.82) is 5.26 Å². The average Bonchev–Trinajstić information content (AvgIpc) is 3.12. The number of β-amino-alcohol motifs (C(OH)–C–C–N with tert-alkyl or cyclic N) is 1. The van der Waals surface area contributed by atoms with Crippen LogP contribution in [0.5, 0.6) is 0 Å². The standard InChI is InChI=1S/C24H37FN4O5/c1-29-19-9-16(6-7-21(19)34-24(29)32)15-4-2-14(3-5-15)8-17(10-26)28-23(31)22-12-27-11-20(30)18(25)13-33-22/h14-22,27,30H,2-9,11-13H2,1H3,(H,28,31)/t14?,15?,16?,17-,18+,19?,20+,21?,22-/m0/s1. The van der Waals surface area contributed by atoms with Gasteiger partial charge in [0.15, 0.2) is 6.17 Å². The van der Waals surface area contributed by atoms with Gasteiger partial charge in [-0.25, -0.2) is 9.18 Å². The Balaban J connectivity index is 1.21. The molecule has 4 aliphatic rings. The Hall–Kier alpha value is -1.96. The Kier molecular flexibility index (Phi) is 8.27. The van der Waals surface area contributed by atoms with Crippen molar-refractivity contribution in [2.45, 2.75) is 87.9 Å². The minimum Gasteiger partial charge on any atom is -0.444 e. The lowest BCUT2D eigenvalue weighted by Crippen LogP contribution is -2.51. The number of ether oxygens (including phenoxy) is 2. The van der Waals surface area contributed by atoms with Gasteiger partial charge in [0.25, 0.3) is 5.91 Å². The molecule has 190 valence electrons. The molecule has 10 heteroatoms. The van der Waals surface area contributed by atoms with Crippen LogP contribution in [0.2, 0.25) is 0 Å². The number of halogens is 1. The van der Waals surface area contributed by atoms with E-state index in [4.69, 9.17) is 9.47 Å². The van der Waals surface area contributed by atoms with Crippen LogP contribution in [0.3, 0.4) is 0 Å². The molecule has 3 unspecified atom stereocenters. The second-order valence-electron chi connectivity index (χ2n) is 10.4. The molecule has 2 amide bonds. The van der Waals surface area contributed by atoms with E-state index in [1.54, 1.807) is 4.90 Å². The first-order chi connectivity index (χ1) is 16.4. The Morgan fingerprint density at radius 3 is 2.74 bits per heavy atom. The fraction of sp³-hybridized carbons (Fsp3) is 0.875. The van der Waals surface area contributed by atoms with Crippen LogP contribution in [0.1, 0.15) is 51.4 Å². The molecule has 0 bridgehead atoms. The summed E-state index contributed by atoms with van der Waals surface area (Å²) in [6.45, 7) is -0.129. The van der Waals surface area contributed by atoms with Crippen LogP contribution in [-0.4, -0.2) is 85.3 Å². The zero-order valence-corrected chi connectivity index (χ0v) is 19.8. The van der Waals surface area contributed by atoms with Crippen molar-refractivity contribution in [3.63, 3.8) is 0 Å². The highest BCUT2D eigenvalue weighted by Crippen LogP contribution is 2.43. The van der Waals surface area contributed by atoms with Crippen LogP contribution in [0.4, 0.5) is 9.18 Å². The van der Waals surface area contributed by atoms with Crippen LogP contribution < -0.4 is 10.6 Å². The van der Waals surface area contributed by atoms with Gasteiger partial charge < -0.3 is 30.1 Å². The molecule has 0 radical (unpaired) electrons. The van der Waals surface area contributed by atoms with E-state index < -0.39 is 30.3 Å². The van der Waals surface area contributed by atoms with Crippen LogP contribution in [0.15, 0.2) is 0 Å². The summed E-state index contributed by atoms with van der Waals surface area (Å²) in [5, 5.41) is 24.8. The largest absolute Gasteiger partial charge is 0.444 e. The Labute approximate surface area is 200 Å². The molecule has 0 aromatic carbocycles. The fourth-order valence-electron chi connectivity index (χ4n) is 6.15. The van der Waals surface area contributed by atoms with Gasteiger partial charge in [-0.05, 0) is 56.3 Å². The quantitative estimate of drug-likeness (QED) is 0.545. The van der Waals surface area contributed by atoms with Crippen LogP contribution in [-0.2, 0) is 14.3 Å². The molecule has 2 aliphatic carbocycles. The molecule has 2 heterocycles. The molecule has 2 saturated carbocycles. The lowest BCUT2D eigenvalue weighted by Gasteiger charge is -2.39. The van der Waals surface area contributed by atoms with Gasteiger partial charge >= 0.3 is 6.09 Å². The Bertz CT molecular complexity index is 771. The number of likely N-dealkylation sites (N-methyl/N-ethyl adjacent to an activating group) is 1. The molecule has 7 atom stereocenters. The molecule has 0 aromatic heterocycles. The third kappa shape index (κ3) is 5.81. The number of nitrogens with zero attached hydrogens (tertiary/aromatic N) is 2. The predicted molar refractivity (Wildman–Crippen MR) is 120 cm³/mol. The summed E-state index contributed by atoms with van der Waals surface area (Å²) in [5.74, 6) is 1.19. The lowest BCUT2D eigenvalue weighted by molar-refractivity contribution is -0.136. The van der Waals surface area contributed by atoms with Crippen molar-refractivity contribution in [3.8, 4) is 6.07 Å². The van der Waals surface area contributed by atoms with Gasteiger partial charge in [0.2, 0.25) is 0 Å². The number of rotatable bonds is 5. The second-order valence-corrected chi connectivity index (χ2v) is 10.4. The molecule has 3 N–H and O–H groups in total. The molecular weight excluding hydrogens is 443 g/mol. The average molecular weight is 481 g/mol. The molecular formula is C24H37FN4O5. The first-order valence-electron chi connectivity index (χ1n) is 12.6. The number of carbonyl (C=O) groups excluding carboxylic acids is 2. The normalized spacial score (nSPS) is 39.7. The number of carbonyl (C=O) groups is 2. The van der Waals surface area contributed by atoms with Crippen LogP contribution >= 0.6 is 0 Å². The van der Waals surface area contributed by atoms with Gasteiger partial charge in [0.05, 0.1) is 24.8 Å². The SMILES string of the molecule is CN1C(=O)OC2CCC(C3CCC(C[C@@H](C#N)NC(=O)[C@@H]4CNC[C@@H](O)[C@H](F)CO4)CC3)CC21. The number of amides is 2. The number of nitriles is 1. The molecule has 9 nitrogen and oxygen atoms in total. The van der Waals surface area contributed by atoms with E-state index in [2.05, 4.69) is 16.7 Å². The van der Waals surface area contributed by atoms with E-state index in [-0.39, 0.29) is 37.9 Å². The van der Waals surface area contributed by atoms with Crippen molar-refractivity contribution in [3.05, 3.63) is 0 Å². The second kappa shape index (κ2) is 11.2. The summed E-state index contributed by atoms with van der Waals surface area (Å²) in [7, 11) is 1.83. The lowest BCUT2D eigenvalue weighted by atomic mass is 9.68. The summed E-state index contributed by atoms with van der Waals surface area (Å²) in [5.41, 5.74) is 0. The minimum atomic E-state index is -1.55. The summed E-state index contributed by atoms with van der Waals surface area (Å²) in [6.07, 6.45) is 4.14. The van der Waals surface area contributed by atoms with Crippen molar-refractivity contribution in [2.75, 3.05) is 26.7 Å². The van der Waals surface area contributed by atoms with E-state index in [0.29, 0.717) is 24.2 Å². The number of alkyl halides is 1. The predicted octanol–water partition coefficient (Wildman–Crippen LogP) is 1.50. The number of aliphatic hydroxyl groups excluding tert-OH is 1. The Morgan fingerprint density at radius 2 is 2.00 bits per heavy atom. The zero-order chi connectivity index (χ0) is 24.2. The Morgan fingerprint density at radius 1 is 1.26 bits per heavy atom. The molecule has 2 saturated heterocycles. The smallest absolute Gasteiger partial charge is 0.410 e. The van der Waals surface area contributed by atoms with E-state index in [1.807, 2.05) is 7.05 Å². The number of aliphatic hydroxyl groups is 1. The maximum Gasteiger partial charge on any atom is 0.410 e. The number of hydrogen-bond donors (Lipinski definition) is 3. The molecule has 2 aliphatic heterocycles. The summed E-state index contributed by atoms with van der Waals surface area (Å²) < 4.78 is 24.5. The topological polar surface area (TPSA) is 124 Å². The number of nitrogens with one attached hydrogen (secondary N) is 2. The van der Waals surface area contributed by atoms with E-state index in [0.717, 1.165) is 44.9 Å². The third-order valence-corrected chi connectivity index (χ3v) is 8.28. The highest BCUT2D eigenvalue weighted by molar-refractivity contribution is 5.81. The highest BCUT2D eigenvalue weighted by Gasteiger charge is 2.45. The maximum absolute atomic E-state index is 13.7. The van der Waals surface area contributed by atoms with Crippen molar-refractivity contribution in [2.24, 2.45) is 17.8 Å². The van der Waals surface area contributed by atoms with E-state index in [9.17, 15) is 24.3 Å². The van der Waals surface area contributed by atoms with E-state index >= 15 is 0 Å². The van der Waals surface area contributed by atoms with Gasteiger partial charge in [0.1, 0.15) is 18.2 Å². The summed E-state index contributed by atoms with van der Waals surface area (Å²) >= 11 is 0. The van der Waals surface area contributed by atoms with Crippen molar-refractivity contribution in [1.82, 2.24) is 15.5 Å². The van der Waals surface area contributed by atoms with Gasteiger partial charge in [-0.1, -0.05) is 12.8 Å². The summed E-state index contributed by atoms with van der Waals surface area (Å²) in [6, 6.07) is 1.79. The molecule has 4 fully saturated rings. The van der Waals surface area contributed by atoms with Crippen LogP contribution in [0, 0.1) is 29.1 Å². The number of hydrogen-bond acceptors (Lipinski definition) is 7. The monoisotopic (exact) mass is 480 g/mol. The molecule has 34 heavy (non-hydrogen) atoms. The third-order valence-electron chi connectivity index (χ3n) is 8.28. The zero-order valence-electron chi connectivity index (χ0n) is 19.8.